The highest BCUT2D eigenvalue weighted by molar-refractivity contribution is 7.89. The molecule has 2 aromatic rings. The first kappa shape index (κ1) is 25.8. The van der Waals surface area contributed by atoms with Crippen LogP contribution in [0.3, 0.4) is 0 Å². The molecule has 12 heteroatoms. The standard InChI is InChI=1S/C25H33N5O6S/c1-17(31)30-12-7-19-15-21(4-5-22(19)30)37(33,34)26-10-2-3-23(32)29-11-6-20(16-29)25-27-24(28-36-25)18-8-13-35-14-9-18/h4-5,15,18,20,26H,2-3,6-14,16H2,1H3. The van der Waals surface area contributed by atoms with E-state index in [-0.39, 0.29) is 41.5 Å². The van der Waals surface area contributed by atoms with E-state index in [2.05, 4.69) is 14.9 Å². The molecule has 0 bridgehead atoms. The fraction of sp³-hybridized carbons (Fsp3) is 0.600. The van der Waals surface area contributed by atoms with Gasteiger partial charge < -0.3 is 19.1 Å². The molecule has 3 aliphatic heterocycles. The second-order valence-electron chi connectivity index (χ2n) is 9.92. The highest BCUT2D eigenvalue weighted by atomic mass is 32.2. The van der Waals surface area contributed by atoms with Crippen LogP contribution in [0.1, 0.15) is 68.1 Å². The van der Waals surface area contributed by atoms with Crippen LogP contribution in [0.25, 0.3) is 0 Å². The Balaban J connectivity index is 1.08. The maximum Gasteiger partial charge on any atom is 0.240 e. The third kappa shape index (κ3) is 5.70. The number of likely N-dealkylation sites (tertiary alicyclic amines) is 1. The molecule has 2 saturated heterocycles. The third-order valence-electron chi connectivity index (χ3n) is 7.43. The Morgan fingerprint density at radius 1 is 1.14 bits per heavy atom. The summed E-state index contributed by atoms with van der Waals surface area (Å²) in [5.41, 5.74) is 1.61. The van der Waals surface area contributed by atoms with Gasteiger partial charge in [-0.05, 0) is 55.9 Å². The Bertz CT molecular complexity index is 1260. The first-order valence-corrected chi connectivity index (χ1v) is 14.4. The van der Waals surface area contributed by atoms with Crippen molar-refractivity contribution in [2.45, 2.75) is 62.2 Å². The third-order valence-corrected chi connectivity index (χ3v) is 8.89. The number of nitrogens with one attached hydrogen (secondary N) is 1. The molecule has 1 aromatic heterocycles. The van der Waals surface area contributed by atoms with E-state index >= 15 is 0 Å². The van der Waals surface area contributed by atoms with Gasteiger partial charge in [-0.3, -0.25) is 9.59 Å². The van der Waals surface area contributed by atoms with Crippen molar-refractivity contribution in [3.05, 3.63) is 35.5 Å². The molecule has 0 saturated carbocycles. The van der Waals surface area contributed by atoms with Gasteiger partial charge in [-0.1, -0.05) is 5.16 Å². The molecular weight excluding hydrogens is 498 g/mol. The largest absolute Gasteiger partial charge is 0.381 e. The predicted octanol–water partition coefficient (Wildman–Crippen LogP) is 1.95. The molecule has 1 aromatic carbocycles. The number of benzene rings is 1. The summed E-state index contributed by atoms with van der Waals surface area (Å²) >= 11 is 0. The number of sulfonamides is 1. The number of hydrogen-bond donors (Lipinski definition) is 1. The van der Waals surface area contributed by atoms with E-state index in [0.717, 1.165) is 36.3 Å². The Morgan fingerprint density at radius 3 is 2.73 bits per heavy atom. The summed E-state index contributed by atoms with van der Waals surface area (Å²) in [5.74, 6) is 1.55. The van der Waals surface area contributed by atoms with Gasteiger partial charge >= 0.3 is 0 Å². The molecule has 0 aliphatic carbocycles. The van der Waals surface area contributed by atoms with Crippen molar-refractivity contribution >= 4 is 27.5 Å². The van der Waals surface area contributed by atoms with Gasteiger partial charge in [-0.15, -0.1) is 0 Å². The van der Waals surface area contributed by atoms with Crippen molar-refractivity contribution < 1.29 is 27.3 Å². The zero-order chi connectivity index (χ0) is 26.0. The lowest BCUT2D eigenvalue weighted by atomic mass is 10.00. The molecule has 0 spiro atoms. The van der Waals surface area contributed by atoms with Gasteiger partial charge in [0.1, 0.15) is 0 Å². The number of carbonyl (C=O) groups is 2. The normalized spacial score (nSPS) is 20.4. The number of anilines is 1. The summed E-state index contributed by atoms with van der Waals surface area (Å²) in [5, 5.41) is 4.17. The second-order valence-corrected chi connectivity index (χ2v) is 11.7. The van der Waals surface area contributed by atoms with Crippen LogP contribution in [-0.4, -0.2) is 74.7 Å². The van der Waals surface area contributed by atoms with Crippen LogP contribution in [0.15, 0.2) is 27.6 Å². The summed E-state index contributed by atoms with van der Waals surface area (Å²) in [7, 11) is -3.70. The number of aromatic nitrogens is 2. The Hall–Kier alpha value is -2.83. The molecule has 1 N–H and O–H groups in total. The average Bonchev–Trinajstić information content (AvgIpc) is 3.65. The van der Waals surface area contributed by atoms with E-state index in [1.165, 1.54) is 13.0 Å². The Morgan fingerprint density at radius 2 is 1.95 bits per heavy atom. The molecule has 37 heavy (non-hydrogen) atoms. The maximum absolute atomic E-state index is 12.7. The van der Waals surface area contributed by atoms with Crippen molar-refractivity contribution in [2.24, 2.45) is 0 Å². The van der Waals surface area contributed by atoms with E-state index < -0.39 is 10.0 Å². The Labute approximate surface area is 216 Å². The molecule has 200 valence electrons. The van der Waals surface area contributed by atoms with Crippen LogP contribution >= 0.6 is 0 Å². The number of hydrogen-bond acceptors (Lipinski definition) is 8. The smallest absolute Gasteiger partial charge is 0.240 e. The van der Waals surface area contributed by atoms with Crippen LogP contribution in [0, 0.1) is 0 Å². The van der Waals surface area contributed by atoms with Crippen molar-refractivity contribution in [2.75, 3.05) is 44.3 Å². The number of amides is 2. The summed E-state index contributed by atoms with van der Waals surface area (Å²) in [6.07, 6.45) is 3.84. The Kier molecular flexibility index (Phi) is 7.59. The van der Waals surface area contributed by atoms with Crippen LogP contribution in [0.4, 0.5) is 5.69 Å². The SMILES string of the molecule is CC(=O)N1CCc2cc(S(=O)(=O)NCCCC(=O)N3CCC(c4nc(C5CCOCC5)no4)C3)ccc21. The molecule has 1 atom stereocenters. The van der Waals surface area contributed by atoms with Crippen molar-refractivity contribution in [1.82, 2.24) is 19.8 Å². The van der Waals surface area contributed by atoms with E-state index in [1.807, 2.05) is 0 Å². The predicted molar refractivity (Wildman–Crippen MR) is 134 cm³/mol. The minimum atomic E-state index is -3.70. The van der Waals surface area contributed by atoms with Gasteiger partial charge in [0, 0.05) is 64.3 Å². The highest BCUT2D eigenvalue weighted by Gasteiger charge is 2.32. The fourth-order valence-electron chi connectivity index (χ4n) is 5.28. The first-order chi connectivity index (χ1) is 17.8. The number of rotatable bonds is 8. The highest BCUT2D eigenvalue weighted by Crippen LogP contribution is 2.31. The quantitative estimate of drug-likeness (QED) is 0.511. The molecule has 3 aliphatic rings. The van der Waals surface area contributed by atoms with Gasteiger partial charge in [0.2, 0.25) is 27.7 Å². The topological polar surface area (TPSA) is 135 Å². The van der Waals surface area contributed by atoms with E-state index in [0.29, 0.717) is 51.6 Å². The second kappa shape index (κ2) is 10.9. The van der Waals surface area contributed by atoms with Crippen LogP contribution < -0.4 is 9.62 Å². The summed E-state index contributed by atoms with van der Waals surface area (Å²) in [6.45, 7) is 4.81. The molecule has 2 amide bonds. The minimum absolute atomic E-state index is 0.00674. The minimum Gasteiger partial charge on any atom is -0.381 e. The zero-order valence-corrected chi connectivity index (χ0v) is 21.8. The van der Waals surface area contributed by atoms with Crippen LogP contribution in [0.2, 0.25) is 0 Å². The molecular formula is C25H33N5O6S. The average molecular weight is 532 g/mol. The van der Waals surface area contributed by atoms with E-state index in [1.54, 1.807) is 21.9 Å². The first-order valence-electron chi connectivity index (χ1n) is 12.9. The zero-order valence-electron chi connectivity index (χ0n) is 21.0. The molecule has 0 radical (unpaired) electrons. The van der Waals surface area contributed by atoms with E-state index in [4.69, 9.17) is 9.26 Å². The fourth-order valence-corrected chi connectivity index (χ4v) is 6.41. The molecule has 5 rings (SSSR count). The van der Waals surface area contributed by atoms with Gasteiger partial charge in [-0.2, -0.15) is 4.98 Å². The molecule has 4 heterocycles. The van der Waals surface area contributed by atoms with Crippen molar-refractivity contribution in [1.29, 1.82) is 0 Å². The molecule has 1 unspecified atom stereocenters. The molecule has 2 fully saturated rings. The van der Waals surface area contributed by atoms with Crippen molar-refractivity contribution in [3.8, 4) is 0 Å². The van der Waals surface area contributed by atoms with Gasteiger partial charge in [-0.25, -0.2) is 13.1 Å². The van der Waals surface area contributed by atoms with Crippen LogP contribution in [-0.2, 0) is 30.8 Å². The lowest BCUT2D eigenvalue weighted by Gasteiger charge is -2.18. The maximum atomic E-state index is 12.7. The number of carbonyl (C=O) groups excluding carboxylic acids is 2. The summed E-state index contributed by atoms with van der Waals surface area (Å²) in [4.78, 5) is 32.7. The van der Waals surface area contributed by atoms with Gasteiger partial charge in [0.05, 0.1) is 10.8 Å². The lowest BCUT2D eigenvalue weighted by molar-refractivity contribution is -0.130. The lowest BCUT2D eigenvalue weighted by Crippen LogP contribution is -2.30. The number of ether oxygens (including phenoxy) is 1. The summed E-state index contributed by atoms with van der Waals surface area (Å²) < 4.78 is 39.0. The monoisotopic (exact) mass is 531 g/mol. The summed E-state index contributed by atoms with van der Waals surface area (Å²) in [6, 6.07) is 4.82. The molecule has 11 nitrogen and oxygen atoms in total. The van der Waals surface area contributed by atoms with Gasteiger partial charge in [0.25, 0.3) is 0 Å². The van der Waals surface area contributed by atoms with Crippen molar-refractivity contribution in [3.63, 3.8) is 0 Å². The number of nitrogens with zero attached hydrogens (tertiary/aromatic N) is 4. The van der Waals surface area contributed by atoms with Gasteiger partial charge in [0.15, 0.2) is 5.82 Å². The van der Waals surface area contributed by atoms with E-state index in [9.17, 15) is 18.0 Å². The number of fused-ring (bicyclic) bond motifs is 1. The van der Waals surface area contributed by atoms with Crippen LogP contribution in [0.5, 0.6) is 0 Å².